The molecule has 96 valence electrons. The molecule has 17 heavy (non-hydrogen) atoms. The zero-order valence-electron chi connectivity index (χ0n) is 10.1. The van der Waals surface area contributed by atoms with Crippen molar-refractivity contribution in [3.8, 4) is 0 Å². The van der Waals surface area contributed by atoms with Crippen LogP contribution in [-0.2, 0) is 10.8 Å². The minimum atomic E-state index is -0.938. The SMILES string of the molecule is CC(N)c1nc(C(=O)NCC(C)S(C)=O)cs1. The second-order valence-electron chi connectivity index (χ2n) is 3.88. The Balaban J connectivity index is 2.55. The highest BCUT2D eigenvalue weighted by atomic mass is 32.2. The molecule has 5 nitrogen and oxygen atoms in total. The van der Waals surface area contributed by atoms with Crippen molar-refractivity contribution in [2.45, 2.75) is 25.1 Å². The van der Waals surface area contributed by atoms with Gasteiger partial charge in [0.2, 0.25) is 0 Å². The number of carbonyl (C=O) groups excluding carboxylic acids is 1. The van der Waals surface area contributed by atoms with Crippen molar-refractivity contribution in [2.75, 3.05) is 12.8 Å². The van der Waals surface area contributed by atoms with Gasteiger partial charge >= 0.3 is 0 Å². The van der Waals surface area contributed by atoms with E-state index in [1.165, 1.54) is 11.3 Å². The van der Waals surface area contributed by atoms with Crippen LogP contribution in [0.3, 0.4) is 0 Å². The molecular weight excluding hydrogens is 258 g/mol. The van der Waals surface area contributed by atoms with Crippen LogP contribution in [0.4, 0.5) is 0 Å². The molecule has 0 aliphatic rings. The van der Waals surface area contributed by atoms with E-state index < -0.39 is 10.8 Å². The van der Waals surface area contributed by atoms with Gasteiger partial charge < -0.3 is 11.1 Å². The quantitative estimate of drug-likeness (QED) is 0.826. The Kier molecular flexibility index (Phi) is 5.23. The molecule has 1 amide bonds. The van der Waals surface area contributed by atoms with Crippen LogP contribution in [0.25, 0.3) is 0 Å². The van der Waals surface area contributed by atoms with Crippen LogP contribution < -0.4 is 11.1 Å². The standard InChI is InChI=1S/C10H17N3O2S2/c1-6(17(3)15)4-12-9(14)8-5-16-10(13-8)7(2)11/h5-7H,4,11H2,1-3H3,(H,12,14). The number of aromatic nitrogens is 1. The lowest BCUT2D eigenvalue weighted by Gasteiger charge is -2.08. The summed E-state index contributed by atoms with van der Waals surface area (Å²) in [7, 11) is -0.938. The van der Waals surface area contributed by atoms with E-state index in [0.717, 1.165) is 5.01 Å². The Hall–Kier alpha value is -0.790. The molecule has 3 N–H and O–H groups in total. The number of thiazole rings is 1. The van der Waals surface area contributed by atoms with Crippen LogP contribution in [0.15, 0.2) is 5.38 Å². The third kappa shape index (κ3) is 4.18. The van der Waals surface area contributed by atoms with Crippen LogP contribution in [0.5, 0.6) is 0 Å². The average Bonchev–Trinajstić information content (AvgIpc) is 2.74. The van der Waals surface area contributed by atoms with Crippen molar-refractivity contribution in [1.29, 1.82) is 0 Å². The van der Waals surface area contributed by atoms with E-state index in [2.05, 4.69) is 10.3 Å². The molecule has 3 atom stereocenters. The predicted molar refractivity (Wildman–Crippen MR) is 70.6 cm³/mol. The van der Waals surface area contributed by atoms with Gasteiger partial charge in [-0.3, -0.25) is 9.00 Å². The van der Waals surface area contributed by atoms with Crippen molar-refractivity contribution in [2.24, 2.45) is 5.73 Å². The van der Waals surface area contributed by atoms with Gasteiger partial charge in [-0.2, -0.15) is 0 Å². The summed E-state index contributed by atoms with van der Waals surface area (Å²) in [6.07, 6.45) is 1.62. The normalized spacial score (nSPS) is 16.2. The van der Waals surface area contributed by atoms with Crippen molar-refractivity contribution in [3.63, 3.8) is 0 Å². The van der Waals surface area contributed by atoms with Gasteiger partial charge in [0.15, 0.2) is 0 Å². The molecule has 3 unspecified atom stereocenters. The van der Waals surface area contributed by atoms with Gasteiger partial charge in [0.05, 0.1) is 6.04 Å². The van der Waals surface area contributed by atoms with Gasteiger partial charge in [-0.25, -0.2) is 4.98 Å². The highest BCUT2D eigenvalue weighted by Crippen LogP contribution is 2.15. The number of rotatable bonds is 5. The Labute approximate surface area is 107 Å². The molecule has 1 aromatic rings. The molecule has 0 fully saturated rings. The van der Waals surface area contributed by atoms with E-state index in [4.69, 9.17) is 5.73 Å². The molecule has 0 spiro atoms. The molecule has 0 aliphatic heterocycles. The van der Waals surface area contributed by atoms with Crippen LogP contribution in [-0.4, -0.2) is 33.2 Å². The topological polar surface area (TPSA) is 85.1 Å². The molecule has 0 saturated heterocycles. The van der Waals surface area contributed by atoms with E-state index >= 15 is 0 Å². The molecule has 0 bridgehead atoms. The van der Waals surface area contributed by atoms with Crippen molar-refractivity contribution in [3.05, 3.63) is 16.1 Å². The first-order valence-corrected chi connectivity index (χ1v) is 7.73. The fourth-order valence-electron chi connectivity index (χ4n) is 1.05. The van der Waals surface area contributed by atoms with Crippen LogP contribution >= 0.6 is 11.3 Å². The minimum absolute atomic E-state index is 0.0644. The maximum absolute atomic E-state index is 11.7. The van der Waals surface area contributed by atoms with Gasteiger partial charge in [-0.1, -0.05) is 0 Å². The second-order valence-corrected chi connectivity index (χ2v) is 6.57. The maximum atomic E-state index is 11.7. The van der Waals surface area contributed by atoms with Gasteiger partial charge in [-0.15, -0.1) is 11.3 Å². The van der Waals surface area contributed by atoms with E-state index in [1.54, 1.807) is 11.6 Å². The lowest BCUT2D eigenvalue weighted by Crippen LogP contribution is -2.32. The summed E-state index contributed by atoms with van der Waals surface area (Å²) in [6.45, 7) is 4.03. The summed E-state index contributed by atoms with van der Waals surface area (Å²) in [5.41, 5.74) is 6.04. The van der Waals surface area contributed by atoms with E-state index in [1.807, 2.05) is 13.8 Å². The Morgan fingerprint density at radius 3 is 2.76 bits per heavy atom. The van der Waals surface area contributed by atoms with Crippen LogP contribution in [0.1, 0.15) is 35.4 Å². The van der Waals surface area contributed by atoms with Crippen molar-refractivity contribution >= 4 is 28.0 Å². The zero-order chi connectivity index (χ0) is 13.0. The summed E-state index contributed by atoms with van der Waals surface area (Å²) in [6, 6.07) is -0.163. The van der Waals surface area contributed by atoms with Crippen molar-refractivity contribution < 1.29 is 9.00 Å². The van der Waals surface area contributed by atoms with Gasteiger partial charge in [0.25, 0.3) is 5.91 Å². The highest BCUT2D eigenvalue weighted by molar-refractivity contribution is 7.84. The lowest BCUT2D eigenvalue weighted by molar-refractivity contribution is 0.0949. The third-order valence-electron chi connectivity index (χ3n) is 2.26. The first kappa shape index (κ1) is 14.3. The molecule has 0 aliphatic carbocycles. The van der Waals surface area contributed by atoms with Crippen LogP contribution in [0, 0.1) is 0 Å². The largest absolute Gasteiger partial charge is 0.349 e. The smallest absolute Gasteiger partial charge is 0.270 e. The number of nitrogens with one attached hydrogen (secondary N) is 1. The Morgan fingerprint density at radius 1 is 1.65 bits per heavy atom. The molecule has 0 saturated carbocycles. The Bertz CT molecular complexity index is 417. The summed E-state index contributed by atoms with van der Waals surface area (Å²) < 4.78 is 11.1. The number of hydrogen-bond donors (Lipinski definition) is 2. The summed E-state index contributed by atoms with van der Waals surface area (Å²) >= 11 is 1.37. The predicted octanol–water partition coefficient (Wildman–Crippen LogP) is 0.660. The van der Waals surface area contributed by atoms with E-state index in [-0.39, 0.29) is 17.2 Å². The highest BCUT2D eigenvalue weighted by Gasteiger charge is 2.14. The van der Waals surface area contributed by atoms with Crippen molar-refractivity contribution in [1.82, 2.24) is 10.3 Å². The fraction of sp³-hybridized carbons (Fsp3) is 0.600. The van der Waals surface area contributed by atoms with E-state index in [0.29, 0.717) is 12.2 Å². The summed E-state index contributed by atoms with van der Waals surface area (Å²) in [5.74, 6) is -0.245. The lowest BCUT2D eigenvalue weighted by atomic mass is 10.4. The number of nitrogens with two attached hydrogens (primary N) is 1. The molecule has 0 radical (unpaired) electrons. The molecular formula is C10H17N3O2S2. The first-order chi connectivity index (χ1) is 7.91. The maximum Gasteiger partial charge on any atom is 0.270 e. The summed E-state index contributed by atoms with van der Waals surface area (Å²) in [5, 5.41) is 5.06. The fourth-order valence-corrected chi connectivity index (χ4v) is 2.12. The van der Waals surface area contributed by atoms with Gasteiger partial charge in [0.1, 0.15) is 10.7 Å². The number of nitrogens with zero attached hydrogens (tertiary/aromatic N) is 1. The molecule has 1 heterocycles. The minimum Gasteiger partial charge on any atom is -0.349 e. The molecule has 7 heteroatoms. The Morgan fingerprint density at radius 2 is 2.29 bits per heavy atom. The molecule has 1 aromatic heterocycles. The second kappa shape index (κ2) is 6.23. The van der Waals surface area contributed by atoms with Gasteiger partial charge in [-0.05, 0) is 13.8 Å². The zero-order valence-corrected chi connectivity index (χ0v) is 11.7. The number of hydrogen-bond acceptors (Lipinski definition) is 5. The summed E-state index contributed by atoms with van der Waals surface area (Å²) in [4.78, 5) is 15.8. The molecule has 0 aromatic carbocycles. The van der Waals surface area contributed by atoms with E-state index in [9.17, 15) is 9.00 Å². The van der Waals surface area contributed by atoms with Gasteiger partial charge in [0, 0.05) is 34.2 Å². The number of carbonyl (C=O) groups is 1. The third-order valence-corrected chi connectivity index (χ3v) is 4.61. The molecule has 1 rings (SSSR count). The first-order valence-electron chi connectivity index (χ1n) is 5.23. The van der Waals surface area contributed by atoms with Crippen LogP contribution in [0.2, 0.25) is 0 Å². The average molecular weight is 275 g/mol. The number of amides is 1. The monoisotopic (exact) mass is 275 g/mol.